The average molecular weight is 415 g/mol. The predicted molar refractivity (Wildman–Crippen MR) is 122 cm³/mol. The van der Waals surface area contributed by atoms with Crippen molar-refractivity contribution in [1.29, 1.82) is 0 Å². The second kappa shape index (κ2) is 8.53. The molecule has 5 nitrogen and oxygen atoms in total. The van der Waals surface area contributed by atoms with E-state index in [-0.39, 0.29) is 29.3 Å². The minimum atomic E-state index is -0.666. The normalized spacial score (nSPS) is 13.1. The van der Waals surface area contributed by atoms with Gasteiger partial charge in [0, 0.05) is 11.7 Å². The molecule has 6 heteroatoms. The largest absolute Gasteiger partial charge is 0.394 e. The first-order valence-electron chi connectivity index (χ1n) is 9.96. The molecule has 4 aromatic rings. The molecular formula is C25H22FN3O2. The number of benzene rings is 3. The first kappa shape index (κ1) is 20.5. The molecule has 0 saturated carbocycles. The smallest absolute Gasteiger partial charge is 0.253 e. The zero-order valence-electron chi connectivity index (χ0n) is 16.9. The van der Waals surface area contributed by atoms with Crippen LogP contribution in [0.25, 0.3) is 0 Å². The number of halogens is 1. The second-order valence-electron chi connectivity index (χ2n) is 7.48. The van der Waals surface area contributed by atoms with Crippen LogP contribution in [0, 0.1) is 5.82 Å². The number of hydrogen-bond acceptors (Lipinski definition) is 5. The van der Waals surface area contributed by atoms with Crippen molar-refractivity contribution in [2.45, 2.75) is 19.0 Å². The van der Waals surface area contributed by atoms with Gasteiger partial charge in [0.25, 0.3) is 10.9 Å². The van der Waals surface area contributed by atoms with Gasteiger partial charge in [-0.05, 0) is 47.9 Å². The fraction of sp³-hybridized carbons (Fsp3) is 0.120. The summed E-state index contributed by atoms with van der Waals surface area (Å²) in [6.45, 7) is 2.07. The van der Waals surface area contributed by atoms with Crippen LogP contribution in [0.5, 0.6) is 0 Å². The van der Waals surface area contributed by atoms with Gasteiger partial charge in [-0.15, -0.1) is 0 Å². The molecule has 0 aromatic heterocycles. The lowest BCUT2D eigenvalue weighted by molar-refractivity contribution is 0.515. The maximum atomic E-state index is 13.5. The summed E-state index contributed by atoms with van der Waals surface area (Å²) < 4.78 is 13.5. The number of hydrogen-bond donors (Lipinski definition) is 3. The monoisotopic (exact) mass is 415 g/mol. The van der Waals surface area contributed by atoms with Gasteiger partial charge in [-0.25, -0.2) is 4.39 Å². The van der Waals surface area contributed by atoms with E-state index >= 15 is 0 Å². The fourth-order valence-electron chi connectivity index (χ4n) is 3.60. The van der Waals surface area contributed by atoms with Crippen molar-refractivity contribution in [2.24, 2.45) is 0 Å². The van der Waals surface area contributed by atoms with E-state index in [0.29, 0.717) is 5.69 Å². The lowest BCUT2D eigenvalue weighted by Crippen LogP contribution is -2.36. The van der Waals surface area contributed by atoms with Gasteiger partial charge < -0.3 is 11.1 Å². The van der Waals surface area contributed by atoms with E-state index in [4.69, 9.17) is 5.73 Å². The Morgan fingerprint density at radius 1 is 0.806 bits per heavy atom. The van der Waals surface area contributed by atoms with Crippen LogP contribution in [-0.2, 0) is 0 Å². The van der Waals surface area contributed by atoms with Crippen molar-refractivity contribution in [2.75, 3.05) is 11.1 Å². The van der Waals surface area contributed by atoms with E-state index in [9.17, 15) is 14.0 Å². The molecule has 156 valence electrons. The van der Waals surface area contributed by atoms with Crippen molar-refractivity contribution in [3.63, 3.8) is 0 Å². The Morgan fingerprint density at radius 3 is 2.16 bits per heavy atom. The molecule has 2 unspecified atom stereocenters. The van der Waals surface area contributed by atoms with Gasteiger partial charge in [-0.1, -0.05) is 54.6 Å². The first-order chi connectivity index (χ1) is 14.9. The maximum absolute atomic E-state index is 13.5. The van der Waals surface area contributed by atoms with Crippen LogP contribution >= 0.6 is 0 Å². The van der Waals surface area contributed by atoms with E-state index in [0.717, 1.165) is 16.7 Å². The maximum Gasteiger partial charge on any atom is 0.253 e. The Morgan fingerprint density at radius 2 is 1.48 bits per heavy atom. The molecule has 0 heterocycles. The summed E-state index contributed by atoms with van der Waals surface area (Å²) in [5.74, 6) is -0.301. The third-order valence-electron chi connectivity index (χ3n) is 5.36. The first-order valence-corrected chi connectivity index (χ1v) is 9.96. The van der Waals surface area contributed by atoms with Gasteiger partial charge >= 0.3 is 0 Å². The van der Waals surface area contributed by atoms with Crippen molar-refractivity contribution in [3.05, 3.63) is 122 Å². The number of nitrogen functional groups attached to an aromatic ring is 1. The van der Waals surface area contributed by atoms with Gasteiger partial charge in [0.05, 0.1) is 6.04 Å². The standard InChI is InChI=1S/C25H22FN3O2/c1-15(16-6-3-2-4-7-16)28-22(17-10-12-19(26)13-11-17)18-8-5-9-20(14-18)29-23-21(27)24(30)25(23)31/h2-15,22,28-29H,27H2,1H3. The van der Waals surface area contributed by atoms with Crippen LogP contribution in [0.3, 0.4) is 0 Å². The third kappa shape index (κ3) is 4.25. The summed E-state index contributed by atoms with van der Waals surface area (Å²) in [5, 5.41) is 6.56. The molecule has 0 radical (unpaired) electrons. The fourth-order valence-corrected chi connectivity index (χ4v) is 3.60. The van der Waals surface area contributed by atoms with Gasteiger partial charge in [-0.2, -0.15) is 0 Å². The van der Waals surface area contributed by atoms with Crippen molar-refractivity contribution >= 4 is 17.1 Å². The molecule has 0 saturated heterocycles. The Labute approximate surface area is 179 Å². The molecule has 0 fully saturated rings. The van der Waals surface area contributed by atoms with Crippen LogP contribution in [-0.4, -0.2) is 0 Å². The summed E-state index contributed by atoms with van der Waals surface area (Å²) in [6, 6.07) is 23.7. The molecule has 0 aliphatic heterocycles. The van der Waals surface area contributed by atoms with Crippen LogP contribution in [0.2, 0.25) is 0 Å². The van der Waals surface area contributed by atoms with Gasteiger partial charge in [0.15, 0.2) is 0 Å². The summed E-state index contributed by atoms with van der Waals surface area (Å²) in [7, 11) is 0. The molecule has 0 spiro atoms. The number of anilines is 3. The SMILES string of the molecule is CC(NC(c1ccc(F)cc1)c1cccc(Nc2c(N)c(=O)c2=O)c1)c1ccccc1. The lowest BCUT2D eigenvalue weighted by atomic mass is 9.96. The van der Waals surface area contributed by atoms with Crippen LogP contribution in [0.15, 0.2) is 88.5 Å². The van der Waals surface area contributed by atoms with E-state index in [1.807, 2.05) is 48.5 Å². The molecule has 0 aliphatic carbocycles. The van der Waals surface area contributed by atoms with Crippen molar-refractivity contribution in [1.82, 2.24) is 5.32 Å². The van der Waals surface area contributed by atoms with Crippen LogP contribution in [0.1, 0.15) is 35.7 Å². The summed E-state index contributed by atoms with van der Waals surface area (Å²) >= 11 is 0. The number of nitrogens with one attached hydrogen (secondary N) is 2. The Kier molecular flexibility index (Phi) is 5.64. The van der Waals surface area contributed by atoms with E-state index in [1.165, 1.54) is 12.1 Å². The summed E-state index contributed by atoms with van der Waals surface area (Å²) in [4.78, 5) is 23.1. The molecule has 4 aromatic carbocycles. The highest BCUT2D eigenvalue weighted by molar-refractivity contribution is 5.76. The molecular weight excluding hydrogens is 393 g/mol. The van der Waals surface area contributed by atoms with Crippen molar-refractivity contribution < 1.29 is 4.39 Å². The topological polar surface area (TPSA) is 84.2 Å². The van der Waals surface area contributed by atoms with Gasteiger partial charge in [0.2, 0.25) is 0 Å². The molecule has 31 heavy (non-hydrogen) atoms. The minimum absolute atomic E-state index is 0.0250. The predicted octanol–water partition coefficient (Wildman–Crippen LogP) is 4.19. The number of nitrogens with two attached hydrogens (primary N) is 1. The average Bonchev–Trinajstić information content (AvgIpc) is 2.81. The Hall–Kier alpha value is -3.77. The highest BCUT2D eigenvalue weighted by Gasteiger charge is 2.20. The zero-order chi connectivity index (χ0) is 22.0. The molecule has 0 amide bonds. The zero-order valence-corrected chi connectivity index (χ0v) is 16.9. The molecule has 0 aliphatic rings. The highest BCUT2D eigenvalue weighted by Crippen LogP contribution is 2.29. The van der Waals surface area contributed by atoms with Crippen LogP contribution < -0.4 is 27.2 Å². The Balaban J connectivity index is 1.67. The molecule has 4 N–H and O–H groups in total. The molecule has 2 atom stereocenters. The summed E-state index contributed by atoms with van der Waals surface area (Å²) in [6.07, 6.45) is 0. The second-order valence-corrected chi connectivity index (χ2v) is 7.48. The summed E-state index contributed by atoms with van der Waals surface area (Å²) in [5.41, 5.74) is 7.99. The minimum Gasteiger partial charge on any atom is -0.394 e. The molecule has 0 bridgehead atoms. The van der Waals surface area contributed by atoms with Crippen LogP contribution in [0.4, 0.5) is 21.5 Å². The van der Waals surface area contributed by atoms with E-state index < -0.39 is 10.9 Å². The van der Waals surface area contributed by atoms with Gasteiger partial charge in [-0.3, -0.25) is 14.9 Å². The highest BCUT2D eigenvalue weighted by atomic mass is 19.1. The number of rotatable bonds is 7. The van der Waals surface area contributed by atoms with Gasteiger partial charge in [0.1, 0.15) is 17.2 Å². The third-order valence-corrected chi connectivity index (χ3v) is 5.36. The van der Waals surface area contributed by atoms with Crippen molar-refractivity contribution in [3.8, 4) is 0 Å². The lowest BCUT2D eigenvalue weighted by Gasteiger charge is -2.25. The Bertz CT molecular complexity index is 1260. The molecule has 4 rings (SSSR count). The van der Waals surface area contributed by atoms with E-state index in [2.05, 4.69) is 17.6 Å². The van der Waals surface area contributed by atoms with E-state index in [1.54, 1.807) is 18.2 Å². The quantitative estimate of drug-likeness (QED) is 0.394.